The van der Waals surface area contributed by atoms with Crippen LogP contribution in [0.4, 0.5) is 17.6 Å². The second-order valence-corrected chi connectivity index (χ2v) is 9.62. The van der Waals surface area contributed by atoms with Crippen molar-refractivity contribution in [2.75, 3.05) is 0 Å². The van der Waals surface area contributed by atoms with E-state index in [-0.39, 0.29) is 11.2 Å². The third-order valence-electron chi connectivity index (χ3n) is 5.72. The van der Waals surface area contributed by atoms with Crippen molar-refractivity contribution in [3.8, 4) is 0 Å². The molecule has 2 aliphatic rings. The molecule has 29 heavy (non-hydrogen) atoms. The molecule has 1 fully saturated rings. The Morgan fingerprint density at radius 2 is 1.48 bits per heavy atom. The lowest BCUT2D eigenvalue weighted by atomic mass is 9.95. The molecule has 0 radical (unpaired) electrons. The standard InChI is InChI=1S/C21H19F4NO2S/c22-19-6-5-15(9-18(19)21(23,24)25)17-11-20(7-8-20)10-16(17)14-3-1-13(2-4-14)12-29(26,27)28/h1-6,9H,7-8,10-12H2,(H2,26,27,28). The van der Waals surface area contributed by atoms with E-state index >= 15 is 0 Å². The topological polar surface area (TPSA) is 60.2 Å². The molecule has 154 valence electrons. The molecule has 2 aromatic carbocycles. The minimum Gasteiger partial charge on any atom is -0.228 e. The first-order valence-electron chi connectivity index (χ1n) is 9.15. The maximum Gasteiger partial charge on any atom is 0.419 e. The van der Waals surface area contributed by atoms with Gasteiger partial charge in [0.25, 0.3) is 0 Å². The summed E-state index contributed by atoms with van der Waals surface area (Å²) in [6.07, 6.45) is -1.33. The second kappa shape index (κ2) is 6.67. The summed E-state index contributed by atoms with van der Waals surface area (Å²) in [4.78, 5) is 0. The molecule has 0 saturated heterocycles. The van der Waals surface area contributed by atoms with Crippen LogP contribution in [0.15, 0.2) is 42.5 Å². The predicted molar refractivity (Wildman–Crippen MR) is 102 cm³/mol. The maximum atomic E-state index is 13.7. The van der Waals surface area contributed by atoms with Crippen LogP contribution >= 0.6 is 0 Å². The van der Waals surface area contributed by atoms with Crippen molar-refractivity contribution in [1.82, 2.24) is 0 Å². The zero-order valence-corrected chi connectivity index (χ0v) is 16.2. The SMILES string of the molecule is NS(=O)(=O)Cc1ccc(C2=C(c3ccc(F)c(C(F)(F)F)c3)CC3(CC3)C2)cc1. The summed E-state index contributed by atoms with van der Waals surface area (Å²) < 4.78 is 75.7. The van der Waals surface area contributed by atoms with Gasteiger partial charge in [-0.2, -0.15) is 13.2 Å². The molecule has 3 nitrogen and oxygen atoms in total. The van der Waals surface area contributed by atoms with E-state index in [0.29, 0.717) is 17.5 Å². The molecule has 0 amide bonds. The molecule has 0 aromatic heterocycles. The minimum atomic E-state index is -4.76. The van der Waals surface area contributed by atoms with E-state index < -0.39 is 27.6 Å². The van der Waals surface area contributed by atoms with E-state index in [2.05, 4.69) is 0 Å². The Morgan fingerprint density at radius 1 is 0.931 bits per heavy atom. The largest absolute Gasteiger partial charge is 0.419 e. The second-order valence-electron chi connectivity index (χ2n) is 8.01. The average Bonchev–Trinajstić information content (AvgIpc) is 3.25. The van der Waals surface area contributed by atoms with E-state index in [1.54, 1.807) is 24.3 Å². The number of sulfonamides is 1. The molecule has 8 heteroatoms. The highest BCUT2D eigenvalue weighted by molar-refractivity contribution is 7.88. The first-order valence-corrected chi connectivity index (χ1v) is 10.9. The Hall–Kier alpha value is -2.19. The molecule has 1 saturated carbocycles. The van der Waals surface area contributed by atoms with E-state index in [1.165, 1.54) is 6.07 Å². The van der Waals surface area contributed by atoms with E-state index in [4.69, 9.17) is 5.14 Å². The smallest absolute Gasteiger partial charge is 0.228 e. The fraction of sp³-hybridized carbons (Fsp3) is 0.333. The van der Waals surface area contributed by atoms with Gasteiger partial charge in [0.2, 0.25) is 10.0 Å². The van der Waals surface area contributed by atoms with Crippen LogP contribution in [0.25, 0.3) is 11.1 Å². The Labute approximate surface area is 166 Å². The molecule has 1 spiro atoms. The summed E-state index contributed by atoms with van der Waals surface area (Å²) in [5.41, 5.74) is 2.31. The lowest BCUT2D eigenvalue weighted by Crippen LogP contribution is -2.14. The molecule has 4 rings (SSSR count). The third kappa shape index (κ3) is 4.23. The van der Waals surface area contributed by atoms with Crippen molar-refractivity contribution in [2.45, 2.75) is 37.6 Å². The average molecular weight is 425 g/mol. The van der Waals surface area contributed by atoms with Crippen molar-refractivity contribution in [1.29, 1.82) is 0 Å². The molecule has 0 atom stereocenters. The van der Waals surface area contributed by atoms with Crippen molar-refractivity contribution < 1.29 is 26.0 Å². The molecule has 2 N–H and O–H groups in total. The predicted octanol–water partition coefficient (Wildman–Crippen LogP) is 5.12. The number of alkyl halides is 3. The number of hydrogen-bond acceptors (Lipinski definition) is 2. The minimum absolute atomic E-state index is 0.0801. The summed E-state index contributed by atoms with van der Waals surface area (Å²) in [5, 5.41) is 5.07. The summed E-state index contributed by atoms with van der Waals surface area (Å²) >= 11 is 0. The number of hydrogen-bond donors (Lipinski definition) is 1. The summed E-state index contributed by atoms with van der Waals surface area (Å²) in [7, 11) is -3.65. The molecular formula is C21H19F4NO2S. The zero-order valence-electron chi connectivity index (χ0n) is 15.4. The van der Waals surface area contributed by atoms with Gasteiger partial charge in [-0.25, -0.2) is 17.9 Å². The fourth-order valence-corrected chi connectivity index (χ4v) is 4.73. The van der Waals surface area contributed by atoms with Crippen molar-refractivity contribution in [3.63, 3.8) is 0 Å². The van der Waals surface area contributed by atoms with Gasteiger partial charge in [-0.3, -0.25) is 0 Å². The van der Waals surface area contributed by atoms with Crippen LogP contribution in [0.2, 0.25) is 0 Å². The van der Waals surface area contributed by atoms with Gasteiger partial charge in [-0.05, 0) is 71.1 Å². The normalized spacial score (nSPS) is 18.5. The number of rotatable bonds is 4. The van der Waals surface area contributed by atoms with Crippen LogP contribution in [0.5, 0.6) is 0 Å². The van der Waals surface area contributed by atoms with Crippen LogP contribution < -0.4 is 5.14 Å². The molecule has 0 bridgehead atoms. The molecule has 2 aliphatic carbocycles. The van der Waals surface area contributed by atoms with Gasteiger partial charge >= 0.3 is 6.18 Å². The summed E-state index contributed by atoms with van der Waals surface area (Å²) in [6.45, 7) is 0. The monoisotopic (exact) mass is 425 g/mol. The lowest BCUT2D eigenvalue weighted by molar-refractivity contribution is -0.140. The molecule has 2 aromatic rings. The van der Waals surface area contributed by atoms with Gasteiger partial charge in [0.15, 0.2) is 0 Å². The van der Waals surface area contributed by atoms with Crippen LogP contribution in [0, 0.1) is 11.2 Å². The maximum absolute atomic E-state index is 13.7. The van der Waals surface area contributed by atoms with Crippen molar-refractivity contribution >= 4 is 21.2 Å². The van der Waals surface area contributed by atoms with Crippen molar-refractivity contribution in [3.05, 3.63) is 70.5 Å². The van der Waals surface area contributed by atoms with Crippen LogP contribution in [0.3, 0.4) is 0 Å². The Bertz CT molecular complexity index is 1100. The summed E-state index contributed by atoms with van der Waals surface area (Å²) in [6, 6.07) is 10.0. The molecule has 0 aliphatic heterocycles. The quantitative estimate of drug-likeness (QED) is 0.692. The number of halogens is 4. The van der Waals surface area contributed by atoms with Gasteiger partial charge < -0.3 is 0 Å². The Morgan fingerprint density at radius 3 is 2.00 bits per heavy atom. The van der Waals surface area contributed by atoms with Gasteiger partial charge in [0.05, 0.1) is 11.3 Å². The highest BCUT2D eigenvalue weighted by Gasteiger charge is 2.48. The van der Waals surface area contributed by atoms with Gasteiger partial charge in [-0.1, -0.05) is 30.3 Å². The molecule has 0 unspecified atom stereocenters. The number of allylic oxidation sites excluding steroid dienone is 2. The van der Waals surface area contributed by atoms with E-state index in [0.717, 1.165) is 48.1 Å². The zero-order chi connectivity index (χ0) is 21.0. The molecular weight excluding hydrogens is 406 g/mol. The molecule has 0 heterocycles. The van der Waals surface area contributed by atoms with Crippen LogP contribution in [0.1, 0.15) is 47.9 Å². The van der Waals surface area contributed by atoms with Crippen molar-refractivity contribution in [2.24, 2.45) is 10.6 Å². The first kappa shape index (κ1) is 20.1. The van der Waals surface area contributed by atoms with E-state index in [9.17, 15) is 26.0 Å². The highest BCUT2D eigenvalue weighted by Crippen LogP contribution is 2.63. The number of primary sulfonamides is 1. The van der Waals surface area contributed by atoms with Gasteiger partial charge in [0, 0.05) is 0 Å². The van der Waals surface area contributed by atoms with Crippen LogP contribution in [-0.2, 0) is 22.0 Å². The Balaban J connectivity index is 1.75. The third-order valence-corrected chi connectivity index (χ3v) is 6.45. The first-order chi connectivity index (χ1) is 13.5. The fourth-order valence-electron chi connectivity index (χ4n) is 4.07. The number of nitrogens with two attached hydrogens (primary N) is 1. The highest BCUT2D eigenvalue weighted by atomic mass is 32.2. The van der Waals surface area contributed by atoms with Crippen LogP contribution in [-0.4, -0.2) is 8.42 Å². The number of benzene rings is 2. The lowest BCUT2D eigenvalue weighted by Gasteiger charge is -2.13. The van der Waals surface area contributed by atoms with E-state index in [1.807, 2.05) is 0 Å². The van der Waals surface area contributed by atoms with Gasteiger partial charge in [-0.15, -0.1) is 0 Å². The summed E-state index contributed by atoms with van der Waals surface area (Å²) in [5.74, 6) is -1.56. The Kier molecular flexibility index (Phi) is 4.62. The van der Waals surface area contributed by atoms with Gasteiger partial charge in [0.1, 0.15) is 5.82 Å².